The van der Waals surface area contributed by atoms with Gasteiger partial charge in [-0.25, -0.2) is 4.98 Å². The van der Waals surface area contributed by atoms with E-state index in [0.717, 1.165) is 22.2 Å². The second-order valence-electron chi connectivity index (χ2n) is 7.68. The summed E-state index contributed by atoms with van der Waals surface area (Å²) in [5.41, 5.74) is 2.51. The van der Waals surface area contributed by atoms with Crippen LogP contribution in [0.2, 0.25) is 0 Å². The molecule has 0 spiro atoms. The molecular weight excluding hydrogens is 420 g/mol. The molecule has 166 valence electrons. The van der Waals surface area contributed by atoms with Crippen LogP contribution in [0.25, 0.3) is 21.9 Å². The molecule has 5 rings (SSSR count). The lowest BCUT2D eigenvalue weighted by Gasteiger charge is -2.10. The van der Waals surface area contributed by atoms with Gasteiger partial charge in [-0.3, -0.25) is 14.2 Å². The third-order valence-corrected chi connectivity index (χ3v) is 5.59. The van der Waals surface area contributed by atoms with Gasteiger partial charge in [0.2, 0.25) is 5.91 Å². The molecule has 0 aliphatic heterocycles. The van der Waals surface area contributed by atoms with E-state index in [9.17, 15) is 9.59 Å². The highest BCUT2D eigenvalue weighted by Gasteiger charge is 2.18. The number of carbonyl (C=O) groups excluding carboxylic acids is 1. The van der Waals surface area contributed by atoms with E-state index in [-0.39, 0.29) is 24.6 Å². The third-order valence-electron chi connectivity index (χ3n) is 5.59. The van der Waals surface area contributed by atoms with Gasteiger partial charge in [0.25, 0.3) is 5.56 Å². The van der Waals surface area contributed by atoms with E-state index in [4.69, 9.17) is 9.15 Å². The lowest BCUT2D eigenvalue weighted by molar-refractivity contribution is -0.121. The average Bonchev–Trinajstić information content (AvgIpc) is 3.47. The maximum absolute atomic E-state index is 13.5. The van der Waals surface area contributed by atoms with Crippen LogP contribution < -0.4 is 15.6 Å². The van der Waals surface area contributed by atoms with Crippen LogP contribution in [0, 0.1) is 0 Å². The summed E-state index contributed by atoms with van der Waals surface area (Å²) in [6, 6.07) is 18.7. The summed E-state index contributed by atoms with van der Waals surface area (Å²) in [6.07, 6.45) is 3.12. The highest BCUT2D eigenvalue weighted by molar-refractivity contribution is 6.06. The number of rotatable bonds is 7. The second kappa shape index (κ2) is 8.66. The summed E-state index contributed by atoms with van der Waals surface area (Å²) in [4.78, 5) is 30.8. The highest BCUT2D eigenvalue weighted by Crippen LogP contribution is 2.25. The number of methoxy groups -OCH3 is 1. The topological polar surface area (TPSA) is 91.3 Å². The molecule has 33 heavy (non-hydrogen) atoms. The SMILES string of the molecule is COc1ccc(Cn2cnc3c4ccccc4n(CC(=O)NCc4ccco4)c3c2=O)cc1. The first-order chi connectivity index (χ1) is 16.1. The smallest absolute Gasteiger partial charge is 0.278 e. The Hall–Kier alpha value is -4.33. The molecule has 0 saturated heterocycles. The highest BCUT2D eigenvalue weighted by atomic mass is 16.5. The summed E-state index contributed by atoms with van der Waals surface area (Å²) >= 11 is 0. The molecule has 0 bridgehead atoms. The zero-order valence-electron chi connectivity index (χ0n) is 18.0. The first-order valence-electron chi connectivity index (χ1n) is 10.5. The van der Waals surface area contributed by atoms with E-state index in [1.807, 2.05) is 48.5 Å². The summed E-state index contributed by atoms with van der Waals surface area (Å²) in [6.45, 7) is 0.634. The van der Waals surface area contributed by atoms with Crippen LogP contribution in [-0.4, -0.2) is 27.1 Å². The number of carbonyl (C=O) groups is 1. The van der Waals surface area contributed by atoms with Crippen molar-refractivity contribution >= 4 is 27.8 Å². The number of hydrogen-bond donors (Lipinski definition) is 1. The fourth-order valence-electron chi connectivity index (χ4n) is 3.95. The number of aromatic nitrogens is 3. The monoisotopic (exact) mass is 442 g/mol. The molecule has 3 heterocycles. The Morgan fingerprint density at radius 2 is 1.91 bits per heavy atom. The molecule has 2 aromatic carbocycles. The summed E-state index contributed by atoms with van der Waals surface area (Å²) < 4.78 is 13.8. The van der Waals surface area contributed by atoms with Crippen molar-refractivity contribution < 1.29 is 13.9 Å². The molecule has 5 aromatic rings. The summed E-state index contributed by atoms with van der Waals surface area (Å²) in [5, 5.41) is 3.68. The molecule has 0 unspecified atom stereocenters. The zero-order valence-corrected chi connectivity index (χ0v) is 18.0. The summed E-state index contributed by atoms with van der Waals surface area (Å²) in [5.74, 6) is 1.19. The number of benzene rings is 2. The van der Waals surface area contributed by atoms with Crippen molar-refractivity contribution in [2.24, 2.45) is 0 Å². The van der Waals surface area contributed by atoms with Gasteiger partial charge in [-0.05, 0) is 35.9 Å². The number of furan rings is 1. The van der Waals surface area contributed by atoms with Crippen LogP contribution in [0.5, 0.6) is 5.75 Å². The van der Waals surface area contributed by atoms with E-state index in [0.29, 0.717) is 23.3 Å². The lowest BCUT2D eigenvalue weighted by Crippen LogP contribution is -2.29. The first-order valence-corrected chi connectivity index (χ1v) is 10.5. The quantitative estimate of drug-likeness (QED) is 0.418. The van der Waals surface area contributed by atoms with Gasteiger partial charge in [0.05, 0.1) is 38.3 Å². The van der Waals surface area contributed by atoms with E-state index in [1.54, 1.807) is 41.0 Å². The maximum Gasteiger partial charge on any atom is 0.278 e. The van der Waals surface area contributed by atoms with E-state index >= 15 is 0 Å². The molecule has 0 saturated carbocycles. The van der Waals surface area contributed by atoms with Crippen LogP contribution in [0.3, 0.4) is 0 Å². The fourth-order valence-corrected chi connectivity index (χ4v) is 3.95. The van der Waals surface area contributed by atoms with E-state index in [2.05, 4.69) is 10.3 Å². The number of hydrogen-bond acceptors (Lipinski definition) is 5. The average molecular weight is 442 g/mol. The van der Waals surface area contributed by atoms with Gasteiger partial charge in [0.15, 0.2) is 0 Å². The number of nitrogens with zero attached hydrogens (tertiary/aromatic N) is 3. The number of ether oxygens (including phenoxy) is 1. The molecule has 0 atom stereocenters. The van der Waals surface area contributed by atoms with Gasteiger partial charge < -0.3 is 19.0 Å². The molecule has 1 amide bonds. The number of amides is 1. The minimum atomic E-state index is -0.223. The van der Waals surface area contributed by atoms with Crippen molar-refractivity contribution in [3.8, 4) is 5.75 Å². The van der Waals surface area contributed by atoms with E-state index < -0.39 is 0 Å². The van der Waals surface area contributed by atoms with Crippen LogP contribution in [0.1, 0.15) is 11.3 Å². The molecule has 0 fully saturated rings. The Morgan fingerprint density at radius 3 is 2.67 bits per heavy atom. The third kappa shape index (κ3) is 3.98. The first kappa shape index (κ1) is 20.6. The van der Waals surface area contributed by atoms with Crippen LogP contribution in [0.15, 0.2) is 82.5 Å². The Kier molecular flexibility index (Phi) is 5.40. The predicted octanol–water partition coefficient (Wildman–Crippen LogP) is 3.32. The van der Waals surface area contributed by atoms with Crippen molar-refractivity contribution in [1.29, 1.82) is 0 Å². The Bertz CT molecular complexity index is 1480. The van der Waals surface area contributed by atoms with Crippen LogP contribution >= 0.6 is 0 Å². The molecule has 0 aliphatic rings. The predicted molar refractivity (Wildman–Crippen MR) is 124 cm³/mol. The van der Waals surface area contributed by atoms with Crippen molar-refractivity contribution in [1.82, 2.24) is 19.4 Å². The molecule has 8 nitrogen and oxygen atoms in total. The largest absolute Gasteiger partial charge is 0.497 e. The normalized spacial score (nSPS) is 11.2. The Balaban J connectivity index is 1.52. The van der Waals surface area contributed by atoms with Gasteiger partial charge in [-0.1, -0.05) is 30.3 Å². The van der Waals surface area contributed by atoms with Crippen molar-refractivity contribution in [3.63, 3.8) is 0 Å². The lowest BCUT2D eigenvalue weighted by atomic mass is 10.2. The molecular formula is C25H22N4O4. The van der Waals surface area contributed by atoms with Gasteiger partial charge in [-0.2, -0.15) is 0 Å². The van der Waals surface area contributed by atoms with Crippen molar-refractivity contribution in [3.05, 3.63) is 94.9 Å². The molecule has 8 heteroatoms. The standard InChI is InChI=1S/C25H22N4O4/c1-32-18-10-8-17(9-11-18)14-28-16-27-23-20-6-2-3-7-21(20)29(24(23)25(28)31)15-22(30)26-13-19-5-4-12-33-19/h2-12,16H,13-15H2,1H3,(H,26,30). The minimum absolute atomic E-state index is 0.00576. The number of nitrogens with one attached hydrogen (secondary N) is 1. The van der Waals surface area contributed by atoms with Crippen molar-refractivity contribution in [2.75, 3.05) is 7.11 Å². The van der Waals surface area contributed by atoms with Crippen molar-refractivity contribution in [2.45, 2.75) is 19.6 Å². The molecule has 1 N–H and O–H groups in total. The Labute approximate surface area is 189 Å². The van der Waals surface area contributed by atoms with E-state index in [1.165, 1.54) is 0 Å². The number of fused-ring (bicyclic) bond motifs is 3. The number of para-hydroxylation sites is 1. The maximum atomic E-state index is 13.5. The zero-order chi connectivity index (χ0) is 22.8. The van der Waals surface area contributed by atoms with Crippen LogP contribution in [-0.2, 0) is 24.4 Å². The molecule has 0 radical (unpaired) electrons. The molecule has 0 aliphatic carbocycles. The van der Waals surface area contributed by atoms with Gasteiger partial charge in [-0.15, -0.1) is 0 Å². The van der Waals surface area contributed by atoms with Gasteiger partial charge in [0.1, 0.15) is 29.1 Å². The van der Waals surface area contributed by atoms with Gasteiger partial charge >= 0.3 is 0 Å². The Morgan fingerprint density at radius 1 is 1.09 bits per heavy atom. The van der Waals surface area contributed by atoms with Gasteiger partial charge in [0, 0.05) is 5.39 Å². The fraction of sp³-hybridized carbons (Fsp3) is 0.160. The van der Waals surface area contributed by atoms with Crippen LogP contribution in [0.4, 0.5) is 0 Å². The summed E-state index contributed by atoms with van der Waals surface area (Å²) in [7, 11) is 1.61. The minimum Gasteiger partial charge on any atom is -0.497 e. The second-order valence-corrected chi connectivity index (χ2v) is 7.68. The molecule has 3 aromatic heterocycles.